The van der Waals surface area contributed by atoms with Crippen molar-refractivity contribution in [3.05, 3.63) is 17.5 Å². The van der Waals surface area contributed by atoms with Crippen molar-refractivity contribution in [2.24, 2.45) is 0 Å². The van der Waals surface area contributed by atoms with Gasteiger partial charge in [0.15, 0.2) is 0 Å². The highest BCUT2D eigenvalue weighted by Gasteiger charge is 2.29. The number of hydrogen-bond donors (Lipinski definition) is 1. The average molecular weight is 309 g/mol. The summed E-state index contributed by atoms with van der Waals surface area (Å²) in [6.45, 7) is 9.14. The summed E-state index contributed by atoms with van der Waals surface area (Å²) in [5.41, 5.74) is 1.67. The molecule has 1 aliphatic rings. The Balaban J connectivity index is 2.06. The lowest BCUT2D eigenvalue weighted by Gasteiger charge is -2.34. The molecule has 1 unspecified atom stereocenters. The SMILES string of the molecule is Cc1c(CCO)cnn1C1CCCN(C(=O)OC(C)(C)C)C1. The summed E-state index contributed by atoms with van der Waals surface area (Å²) in [4.78, 5) is 14.0. The molecule has 0 spiro atoms. The smallest absolute Gasteiger partial charge is 0.410 e. The summed E-state index contributed by atoms with van der Waals surface area (Å²) in [5.74, 6) is 0. The van der Waals surface area contributed by atoms with E-state index in [0.717, 1.165) is 30.6 Å². The predicted octanol–water partition coefficient (Wildman–Crippen LogP) is 2.30. The van der Waals surface area contributed by atoms with Gasteiger partial charge in [-0.2, -0.15) is 5.10 Å². The van der Waals surface area contributed by atoms with Crippen LogP contribution in [0.2, 0.25) is 0 Å². The molecule has 1 amide bonds. The minimum atomic E-state index is -0.472. The number of piperidine rings is 1. The molecule has 6 heteroatoms. The predicted molar refractivity (Wildman–Crippen MR) is 83.8 cm³/mol. The van der Waals surface area contributed by atoms with Crippen LogP contribution in [0.15, 0.2) is 6.20 Å². The quantitative estimate of drug-likeness (QED) is 0.930. The Morgan fingerprint density at radius 2 is 2.23 bits per heavy atom. The molecule has 0 radical (unpaired) electrons. The summed E-state index contributed by atoms with van der Waals surface area (Å²) < 4.78 is 7.45. The molecule has 0 bridgehead atoms. The van der Waals surface area contributed by atoms with Gasteiger partial charge in [0.1, 0.15) is 5.60 Å². The van der Waals surface area contributed by atoms with E-state index in [1.54, 1.807) is 4.90 Å². The Morgan fingerprint density at radius 3 is 2.86 bits per heavy atom. The minimum absolute atomic E-state index is 0.126. The summed E-state index contributed by atoms with van der Waals surface area (Å²) in [5, 5.41) is 13.5. The molecule has 1 aliphatic heterocycles. The van der Waals surface area contributed by atoms with Gasteiger partial charge < -0.3 is 14.7 Å². The minimum Gasteiger partial charge on any atom is -0.444 e. The van der Waals surface area contributed by atoms with E-state index < -0.39 is 5.60 Å². The van der Waals surface area contributed by atoms with E-state index in [1.165, 1.54) is 0 Å². The third-order valence-corrected chi connectivity index (χ3v) is 3.92. The lowest BCUT2D eigenvalue weighted by molar-refractivity contribution is 0.0166. The van der Waals surface area contributed by atoms with E-state index >= 15 is 0 Å². The first-order chi connectivity index (χ1) is 10.3. The van der Waals surface area contributed by atoms with Gasteiger partial charge in [0.05, 0.1) is 12.2 Å². The highest BCUT2D eigenvalue weighted by atomic mass is 16.6. The lowest BCUT2D eigenvalue weighted by atomic mass is 10.1. The van der Waals surface area contributed by atoms with Gasteiger partial charge in [-0.05, 0) is 52.5 Å². The summed E-state index contributed by atoms with van der Waals surface area (Å²) in [6, 6.07) is 0.175. The van der Waals surface area contributed by atoms with E-state index in [2.05, 4.69) is 5.10 Å². The molecular weight excluding hydrogens is 282 g/mol. The number of rotatable bonds is 3. The average Bonchev–Trinajstić information content (AvgIpc) is 2.79. The maximum atomic E-state index is 12.2. The van der Waals surface area contributed by atoms with Crippen LogP contribution in [0.5, 0.6) is 0 Å². The van der Waals surface area contributed by atoms with Crippen molar-refractivity contribution in [1.29, 1.82) is 0 Å². The third-order valence-electron chi connectivity index (χ3n) is 3.92. The van der Waals surface area contributed by atoms with Crippen molar-refractivity contribution in [3.8, 4) is 0 Å². The maximum Gasteiger partial charge on any atom is 0.410 e. The molecule has 1 aromatic heterocycles. The fourth-order valence-corrected chi connectivity index (χ4v) is 2.84. The van der Waals surface area contributed by atoms with E-state index in [4.69, 9.17) is 9.84 Å². The Kier molecular flexibility index (Phi) is 5.11. The number of aliphatic hydroxyl groups is 1. The number of aliphatic hydroxyl groups excluding tert-OH is 1. The van der Waals surface area contributed by atoms with Crippen LogP contribution in [0.25, 0.3) is 0 Å². The van der Waals surface area contributed by atoms with Crippen molar-refractivity contribution in [2.75, 3.05) is 19.7 Å². The van der Waals surface area contributed by atoms with Crippen LogP contribution in [0.3, 0.4) is 0 Å². The molecule has 1 fully saturated rings. The maximum absolute atomic E-state index is 12.2. The Hall–Kier alpha value is -1.56. The Bertz CT molecular complexity index is 519. The highest BCUT2D eigenvalue weighted by Crippen LogP contribution is 2.25. The number of carbonyl (C=O) groups excluding carboxylic acids is 1. The molecule has 2 heterocycles. The molecule has 1 atom stereocenters. The topological polar surface area (TPSA) is 67.6 Å². The monoisotopic (exact) mass is 309 g/mol. The normalized spacial score (nSPS) is 19.3. The van der Waals surface area contributed by atoms with Gasteiger partial charge in [-0.3, -0.25) is 4.68 Å². The molecule has 0 aromatic carbocycles. The second-order valence-corrected chi connectivity index (χ2v) is 6.90. The van der Waals surface area contributed by atoms with Crippen LogP contribution in [0, 0.1) is 6.92 Å². The fourth-order valence-electron chi connectivity index (χ4n) is 2.84. The van der Waals surface area contributed by atoms with Crippen LogP contribution in [-0.4, -0.2) is 51.2 Å². The van der Waals surface area contributed by atoms with Crippen molar-refractivity contribution in [3.63, 3.8) is 0 Å². The zero-order valence-corrected chi connectivity index (χ0v) is 14.0. The van der Waals surface area contributed by atoms with Crippen LogP contribution in [0.4, 0.5) is 4.79 Å². The van der Waals surface area contributed by atoms with Crippen LogP contribution >= 0.6 is 0 Å². The van der Waals surface area contributed by atoms with Crippen molar-refractivity contribution >= 4 is 6.09 Å². The second-order valence-electron chi connectivity index (χ2n) is 6.90. The Morgan fingerprint density at radius 1 is 1.50 bits per heavy atom. The number of carbonyl (C=O) groups is 1. The van der Waals surface area contributed by atoms with Gasteiger partial charge in [0.2, 0.25) is 0 Å². The van der Waals surface area contributed by atoms with E-state index in [9.17, 15) is 4.79 Å². The molecule has 1 saturated heterocycles. The summed E-state index contributed by atoms with van der Waals surface area (Å²) >= 11 is 0. The molecule has 6 nitrogen and oxygen atoms in total. The van der Waals surface area contributed by atoms with Gasteiger partial charge in [-0.25, -0.2) is 4.79 Å². The molecule has 1 N–H and O–H groups in total. The fraction of sp³-hybridized carbons (Fsp3) is 0.750. The van der Waals surface area contributed by atoms with Crippen LogP contribution in [0.1, 0.15) is 50.9 Å². The largest absolute Gasteiger partial charge is 0.444 e. The number of hydrogen-bond acceptors (Lipinski definition) is 4. The number of nitrogens with zero attached hydrogens (tertiary/aromatic N) is 3. The number of ether oxygens (including phenoxy) is 1. The molecule has 1 aromatic rings. The molecule has 124 valence electrons. The van der Waals surface area contributed by atoms with Gasteiger partial charge >= 0.3 is 6.09 Å². The first-order valence-electron chi connectivity index (χ1n) is 7.93. The van der Waals surface area contributed by atoms with Gasteiger partial charge in [0, 0.05) is 25.4 Å². The zero-order valence-electron chi connectivity index (χ0n) is 14.0. The molecular formula is C16H27N3O3. The van der Waals surface area contributed by atoms with E-state index in [0.29, 0.717) is 13.0 Å². The number of aromatic nitrogens is 2. The standard InChI is InChI=1S/C16H27N3O3/c1-12-13(7-9-20)10-17-19(12)14-6-5-8-18(11-14)15(21)22-16(2,3)4/h10,14,20H,5-9,11H2,1-4H3. The zero-order chi connectivity index (χ0) is 16.3. The van der Waals surface area contributed by atoms with E-state index in [1.807, 2.05) is 38.6 Å². The lowest BCUT2D eigenvalue weighted by Crippen LogP contribution is -2.43. The van der Waals surface area contributed by atoms with Crippen LogP contribution in [-0.2, 0) is 11.2 Å². The summed E-state index contributed by atoms with van der Waals surface area (Å²) in [6.07, 6.45) is 4.13. The third kappa shape index (κ3) is 4.00. The van der Waals surface area contributed by atoms with Crippen molar-refractivity contribution in [2.45, 2.75) is 58.6 Å². The summed E-state index contributed by atoms with van der Waals surface area (Å²) in [7, 11) is 0. The van der Waals surface area contributed by atoms with Gasteiger partial charge in [-0.1, -0.05) is 0 Å². The van der Waals surface area contributed by atoms with Crippen molar-refractivity contribution in [1.82, 2.24) is 14.7 Å². The second kappa shape index (κ2) is 6.69. The molecule has 2 rings (SSSR count). The Labute approximate surface area is 132 Å². The van der Waals surface area contributed by atoms with Gasteiger partial charge in [-0.15, -0.1) is 0 Å². The molecule has 0 aliphatic carbocycles. The molecule has 22 heavy (non-hydrogen) atoms. The van der Waals surface area contributed by atoms with Crippen molar-refractivity contribution < 1.29 is 14.6 Å². The first-order valence-corrected chi connectivity index (χ1v) is 7.93. The number of likely N-dealkylation sites (tertiary alicyclic amines) is 1. The molecule has 0 saturated carbocycles. The van der Waals surface area contributed by atoms with Crippen LogP contribution < -0.4 is 0 Å². The highest BCUT2D eigenvalue weighted by molar-refractivity contribution is 5.68. The first kappa shape index (κ1) is 16.8. The van der Waals surface area contributed by atoms with Gasteiger partial charge in [0.25, 0.3) is 0 Å². The number of amides is 1. The van der Waals surface area contributed by atoms with E-state index in [-0.39, 0.29) is 18.7 Å².